The zero-order valence-electron chi connectivity index (χ0n) is 18.4. The number of halogens is 1. The number of anilines is 1. The number of rotatable bonds is 5. The van der Waals surface area contributed by atoms with Crippen LogP contribution in [0.1, 0.15) is 23.9 Å². The average molecular weight is 524 g/mol. The number of amides is 2. The highest BCUT2D eigenvalue weighted by Gasteiger charge is 2.34. The van der Waals surface area contributed by atoms with Crippen LogP contribution in [0.4, 0.5) is 5.69 Å². The normalized spacial score (nSPS) is 15.2. The van der Waals surface area contributed by atoms with Crippen LogP contribution >= 0.6 is 28.1 Å². The Bertz CT molecular complexity index is 1280. The maximum atomic E-state index is 13.3. The Hall–Kier alpha value is -3.23. The Morgan fingerprint density at radius 2 is 1.67 bits per heavy atom. The monoisotopic (exact) mass is 523 g/mol. The Morgan fingerprint density at radius 1 is 1.03 bits per heavy atom. The van der Waals surface area contributed by atoms with E-state index in [1.807, 2.05) is 51.1 Å². The minimum absolute atomic E-state index is 0.0218. The molecule has 0 spiro atoms. The molecule has 1 saturated heterocycles. The van der Waals surface area contributed by atoms with Crippen molar-refractivity contribution in [3.8, 4) is 11.4 Å². The first-order valence-electron chi connectivity index (χ1n) is 10.4. The van der Waals surface area contributed by atoms with Crippen LogP contribution in [0.25, 0.3) is 11.8 Å². The van der Waals surface area contributed by atoms with Gasteiger partial charge in [0.25, 0.3) is 11.8 Å². The van der Waals surface area contributed by atoms with Crippen LogP contribution in [0.5, 0.6) is 5.75 Å². The highest BCUT2D eigenvalue weighted by Crippen LogP contribution is 2.27. The van der Waals surface area contributed by atoms with Crippen LogP contribution in [-0.4, -0.2) is 28.1 Å². The molecule has 1 N–H and O–H groups in total. The summed E-state index contributed by atoms with van der Waals surface area (Å²) in [6.07, 6.45) is 1.62. The van der Waals surface area contributed by atoms with Crippen LogP contribution in [0, 0.1) is 13.8 Å². The molecule has 0 atom stereocenters. The van der Waals surface area contributed by atoms with Crippen molar-refractivity contribution in [3.63, 3.8) is 0 Å². The fourth-order valence-electron chi connectivity index (χ4n) is 3.83. The zero-order valence-corrected chi connectivity index (χ0v) is 20.8. The lowest BCUT2D eigenvalue weighted by molar-refractivity contribution is -0.122. The van der Waals surface area contributed by atoms with E-state index in [4.69, 9.17) is 17.0 Å². The second kappa shape index (κ2) is 9.33. The molecule has 0 aliphatic carbocycles. The molecule has 6 nitrogen and oxygen atoms in total. The van der Waals surface area contributed by atoms with Gasteiger partial charge in [-0.1, -0.05) is 15.9 Å². The van der Waals surface area contributed by atoms with Crippen molar-refractivity contribution in [2.75, 3.05) is 11.5 Å². The molecule has 1 aromatic heterocycles. The Balaban J connectivity index is 1.71. The molecule has 2 amide bonds. The summed E-state index contributed by atoms with van der Waals surface area (Å²) < 4.78 is 8.54. The van der Waals surface area contributed by atoms with Crippen molar-refractivity contribution in [1.82, 2.24) is 9.88 Å². The summed E-state index contributed by atoms with van der Waals surface area (Å²) in [4.78, 5) is 27.4. The molecule has 33 heavy (non-hydrogen) atoms. The summed E-state index contributed by atoms with van der Waals surface area (Å²) in [7, 11) is 0. The van der Waals surface area contributed by atoms with Crippen LogP contribution < -0.4 is 15.0 Å². The topological polar surface area (TPSA) is 63.6 Å². The SMILES string of the molecule is CCOc1ccc(N2C(=O)C(=Cc3cc(C)n(-c4ccc(Br)cc4)c3C)C(=O)NC2=S)cc1. The van der Waals surface area contributed by atoms with E-state index in [0.717, 1.165) is 27.1 Å². The second-order valence-corrected chi connectivity index (χ2v) is 8.83. The lowest BCUT2D eigenvalue weighted by Crippen LogP contribution is -2.54. The van der Waals surface area contributed by atoms with Crippen molar-refractivity contribution in [2.45, 2.75) is 20.8 Å². The first-order chi connectivity index (χ1) is 15.8. The minimum atomic E-state index is -0.513. The number of thiocarbonyl (C=S) groups is 1. The van der Waals surface area contributed by atoms with E-state index in [0.29, 0.717) is 18.0 Å². The van der Waals surface area contributed by atoms with Gasteiger partial charge < -0.3 is 9.30 Å². The molecule has 168 valence electrons. The van der Waals surface area contributed by atoms with Crippen LogP contribution in [0.2, 0.25) is 0 Å². The van der Waals surface area contributed by atoms with Gasteiger partial charge >= 0.3 is 0 Å². The van der Waals surface area contributed by atoms with E-state index in [1.165, 1.54) is 4.90 Å². The fourth-order valence-corrected chi connectivity index (χ4v) is 4.37. The summed E-state index contributed by atoms with van der Waals surface area (Å²) in [6.45, 7) is 6.39. The van der Waals surface area contributed by atoms with Gasteiger partial charge in [0.15, 0.2) is 5.11 Å². The number of carbonyl (C=O) groups is 2. The lowest BCUT2D eigenvalue weighted by Gasteiger charge is -2.29. The van der Waals surface area contributed by atoms with Crippen LogP contribution in [-0.2, 0) is 9.59 Å². The van der Waals surface area contributed by atoms with Gasteiger partial charge in [-0.25, -0.2) is 0 Å². The molecule has 0 bridgehead atoms. The number of carbonyl (C=O) groups excluding carboxylic acids is 2. The number of nitrogens with one attached hydrogen (secondary N) is 1. The van der Waals surface area contributed by atoms with Gasteiger partial charge in [-0.05, 0) is 99.2 Å². The second-order valence-electron chi connectivity index (χ2n) is 7.52. The molecule has 3 aromatic rings. The van der Waals surface area contributed by atoms with Crippen LogP contribution in [0.3, 0.4) is 0 Å². The summed E-state index contributed by atoms with van der Waals surface area (Å²) in [5.41, 5.74) is 4.27. The van der Waals surface area contributed by atoms with Crippen LogP contribution in [0.15, 0.2) is 64.6 Å². The third-order valence-electron chi connectivity index (χ3n) is 5.36. The molecule has 0 radical (unpaired) electrons. The van der Waals surface area contributed by atoms with Gasteiger partial charge in [0.2, 0.25) is 0 Å². The number of ether oxygens (including phenoxy) is 1. The molecular formula is C25H22BrN3O3S. The summed E-state index contributed by atoms with van der Waals surface area (Å²) in [5, 5.41) is 2.68. The number of benzene rings is 2. The molecule has 1 fully saturated rings. The Morgan fingerprint density at radius 3 is 2.30 bits per heavy atom. The largest absolute Gasteiger partial charge is 0.494 e. The van der Waals surface area contributed by atoms with E-state index >= 15 is 0 Å². The van der Waals surface area contributed by atoms with Crippen molar-refractivity contribution in [1.29, 1.82) is 0 Å². The maximum absolute atomic E-state index is 13.3. The fraction of sp³-hybridized carbons (Fsp3) is 0.160. The number of hydrogen-bond donors (Lipinski definition) is 1. The molecule has 0 saturated carbocycles. The molecule has 8 heteroatoms. The van der Waals surface area contributed by atoms with Gasteiger partial charge in [-0.15, -0.1) is 0 Å². The summed E-state index contributed by atoms with van der Waals surface area (Å²) in [5.74, 6) is -0.293. The van der Waals surface area contributed by atoms with E-state index in [-0.39, 0.29) is 10.7 Å². The highest BCUT2D eigenvalue weighted by molar-refractivity contribution is 9.10. The third-order valence-corrected chi connectivity index (χ3v) is 6.18. The molecular weight excluding hydrogens is 502 g/mol. The quantitative estimate of drug-likeness (QED) is 0.287. The van der Waals surface area contributed by atoms with E-state index in [9.17, 15) is 9.59 Å². The molecule has 1 aliphatic heterocycles. The molecule has 1 aliphatic rings. The zero-order chi connectivity index (χ0) is 23.7. The predicted molar refractivity (Wildman–Crippen MR) is 137 cm³/mol. The summed E-state index contributed by atoms with van der Waals surface area (Å²) >= 11 is 8.75. The number of nitrogens with zero attached hydrogens (tertiary/aromatic N) is 2. The van der Waals surface area contributed by atoms with Gasteiger partial charge in [0, 0.05) is 21.5 Å². The number of hydrogen-bond acceptors (Lipinski definition) is 4. The number of aryl methyl sites for hydroxylation is 1. The van der Waals surface area contributed by atoms with Gasteiger partial charge in [-0.3, -0.25) is 19.8 Å². The molecule has 2 heterocycles. The first-order valence-corrected chi connectivity index (χ1v) is 11.6. The Labute approximate surface area is 206 Å². The maximum Gasteiger partial charge on any atom is 0.270 e. The minimum Gasteiger partial charge on any atom is -0.494 e. The predicted octanol–water partition coefficient (Wildman–Crippen LogP) is 5.09. The first kappa shape index (κ1) is 22.9. The van der Waals surface area contributed by atoms with Crippen molar-refractivity contribution in [3.05, 3.63) is 81.6 Å². The number of aromatic nitrogens is 1. The smallest absolute Gasteiger partial charge is 0.270 e. The van der Waals surface area contributed by atoms with Gasteiger partial charge in [0.05, 0.1) is 12.3 Å². The van der Waals surface area contributed by atoms with Crippen molar-refractivity contribution in [2.24, 2.45) is 0 Å². The van der Waals surface area contributed by atoms with Gasteiger partial charge in [0.1, 0.15) is 11.3 Å². The van der Waals surface area contributed by atoms with E-state index in [2.05, 4.69) is 25.8 Å². The molecule has 2 aromatic carbocycles. The van der Waals surface area contributed by atoms with Crippen molar-refractivity contribution < 1.29 is 14.3 Å². The highest BCUT2D eigenvalue weighted by atomic mass is 79.9. The molecule has 4 rings (SSSR count). The molecule has 0 unspecified atom stereocenters. The van der Waals surface area contributed by atoms with E-state index < -0.39 is 11.8 Å². The summed E-state index contributed by atoms with van der Waals surface area (Å²) in [6, 6.07) is 16.9. The third kappa shape index (κ3) is 4.49. The van der Waals surface area contributed by atoms with Gasteiger partial charge in [-0.2, -0.15) is 0 Å². The van der Waals surface area contributed by atoms with E-state index in [1.54, 1.807) is 30.3 Å². The standard InChI is InChI=1S/C25H22BrN3O3S/c1-4-32-21-11-9-20(10-12-21)29-24(31)22(23(30)27-25(29)33)14-17-13-15(2)28(16(17)3)19-7-5-18(26)6-8-19/h5-14H,4H2,1-3H3,(H,27,30,33). The average Bonchev–Trinajstić information content (AvgIpc) is 3.06. The lowest BCUT2D eigenvalue weighted by atomic mass is 10.1. The Kier molecular flexibility index (Phi) is 6.49. The van der Waals surface area contributed by atoms with Crippen molar-refractivity contribution >= 4 is 56.8 Å².